The number of aliphatic imine (C=N–C) groups is 1. The van der Waals surface area contributed by atoms with Crippen LogP contribution in [0.15, 0.2) is 11.2 Å². The maximum absolute atomic E-state index is 14.0. The normalized spacial score (nSPS) is 16.1. The van der Waals surface area contributed by atoms with Crippen molar-refractivity contribution in [1.82, 2.24) is 34.8 Å². The fourth-order valence-electron chi connectivity index (χ4n) is 5.47. The van der Waals surface area contributed by atoms with E-state index in [0.717, 1.165) is 18.5 Å². The molecule has 0 aliphatic carbocycles. The summed E-state index contributed by atoms with van der Waals surface area (Å²) < 4.78 is 23.6. The number of anilines is 3. The van der Waals surface area contributed by atoms with E-state index >= 15 is 0 Å². The van der Waals surface area contributed by atoms with E-state index in [9.17, 15) is 4.79 Å². The summed E-state index contributed by atoms with van der Waals surface area (Å²) in [5.74, 6) is 4.22. The van der Waals surface area contributed by atoms with Gasteiger partial charge in [0.25, 0.3) is 0 Å². The number of nitrogens with two attached hydrogens (primary N) is 2. The van der Waals surface area contributed by atoms with E-state index in [-0.39, 0.29) is 24.4 Å². The minimum Gasteiger partial charge on any atom is -0.378 e. The molecule has 4 heterocycles. The highest BCUT2D eigenvalue weighted by atomic mass is 16.5. The molecule has 50 heavy (non-hydrogen) atoms. The van der Waals surface area contributed by atoms with Gasteiger partial charge in [-0.15, -0.1) is 11.5 Å². The smallest absolute Gasteiger partial charge is 0.247 e. The highest BCUT2D eigenvalue weighted by Gasteiger charge is 2.33. The van der Waals surface area contributed by atoms with Gasteiger partial charge in [-0.05, 0) is 18.8 Å². The predicted octanol–water partition coefficient (Wildman–Crippen LogP) is -0.463. The summed E-state index contributed by atoms with van der Waals surface area (Å²) in [4.78, 5) is 38.4. The van der Waals surface area contributed by atoms with Gasteiger partial charge in [-0.2, -0.15) is 15.0 Å². The van der Waals surface area contributed by atoms with E-state index in [1.54, 1.807) is 4.68 Å². The van der Waals surface area contributed by atoms with Crippen molar-refractivity contribution in [2.24, 2.45) is 22.4 Å². The largest absolute Gasteiger partial charge is 0.378 e. The third kappa shape index (κ3) is 12.2. The molecule has 2 aliphatic rings. The number of guanidine groups is 1. The van der Waals surface area contributed by atoms with Crippen LogP contribution in [0.5, 0.6) is 0 Å². The summed E-state index contributed by atoms with van der Waals surface area (Å²) in [6.07, 6.45) is 9.24. The molecule has 0 spiro atoms. The van der Waals surface area contributed by atoms with E-state index in [1.165, 1.54) is 0 Å². The second-order valence-electron chi connectivity index (χ2n) is 12.0. The maximum atomic E-state index is 14.0. The summed E-state index contributed by atoms with van der Waals surface area (Å²) in [5.41, 5.74) is 11.6. The molecule has 0 bridgehead atoms. The topological polar surface area (TPSA) is 210 Å². The first-order valence-electron chi connectivity index (χ1n) is 17.4. The number of carbonyl (C=O) groups excluding carboxylic acids is 1. The van der Waals surface area contributed by atoms with Crippen molar-refractivity contribution in [3.05, 3.63) is 11.9 Å². The Morgan fingerprint density at radius 2 is 1.66 bits per heavy atom. The van der Waals surface area contributed by atoms with Crippen LogP contribution >= 0.6 is 0 Å². The molecular formula is C32H53N13O5. The van der Waals surface area contributed by atoms with Crippen LogP contribution in [0.4, 0.5) is 17.8 Å². The third-order valence-corrected chi connectivity index (χ3v) is 8.40. The van der Waals surface area contributed by atoms with E-state index in [1.807, 2.05) is 11.1 Å². The number of rotatable bonds is 21. The first-order valence-corrected chi connectivity index (χ1v) is 17.4. The van der Waals surface area contributed by atoms with Crippen LogP contribution in [0.25, 0.3) is 0 Å². The van der Waals surface area contributed by atoms with Crippen molar-refractivity contribution >= 4 is 29.7 Å². The predicted molar refractivity (Wildman–Crippen MR) is 189 cm³/mol. The number of aryl methyl sites for hydroxylation is 1. The zero-order valence-electron chi connectivity index (χ0n) is 29.4. The van der Waals surface area contributed by atoms with Gasteiger partial charge < -0.3 is 50.4 Å². The number of amides is 1. The molecule has 276 valence electrons. The van der Waals surface area contributed by atoms with Crippen molar-refractivity contribution in [3.63, 3.8) is 0 Å². The van der Waals surface area contributed by atoms with Gasteiger partial charge in [0.1, 0.15) is 12.6 Å². The Morgan fingerprint density at radius 1 is 1.00 bits per heavy atom. The Kier molecular flexibility index (Phi) is 16.2. The lowest BCUT2D eigenvalue weighted by Gasteiger charge is -2.37. The number of ether oxygens (including phenoxy) is 4. The number of nitrogens with one attached hydrogen (secondary N) is 1. The SMILES string of the molecule is C#CCOCCOCCOCCNc1nc(N2CCOCC2)nc(N2CCN(C(=O)[C@H]([C@@H](C)CC)n3cc(CCCN=C(N)N)nn3)CC2)n1. The number of aromatic nitrogens is 6. The van der Waals surface area contributed by atoms with Gasteiger partial charge in [-0.25, -0.2) is 4.68 Å². The van der Waals surface area contributed by atoms with Crippen molar-refractivity contribution in [3.8, 4) is 12.3 Å². The molecule has 2 aliphatic heterocycles. The molecule has 0 radical (unpaired) electrons. The summed E-state index contributed by atoms with van der Waals surface area (Å²) in [6.45, 7) is 12.6. The fraction of sp³-hybridized carbons (Fsp3) is 0.719. The number of piperazine rings is 1. The molecule has 1 amide bonds. The number of hydrogen-bond acceptors (Lipinski definition) is 14. The molecule has 5 N–H and O–H groups in total. The first kappa shape index (κ1) is 38.5. The number of hydrogen-bond donors (Lipinski definition) is 3. The Labute approximate surface area is 294 Å². The van der Waals surface area contributed by atoms with Gasteiger partial charge in [-0.1, -0.05) is 31.4 Å². The summed E-state index contributed by atoms with van der Waals surface area (Å²) >= 11 is 0. The third-order valence-electron chi connectivity index (χ3n) is 8.40. The molecule has 4 rings (SSSR count). The van der Waals surface area contributed by atoms with Gasteiger partial charge in [0.05, 0.1) is 51.9 Å². The van der Waals surface area contributed by atoms with Crippen LogP contribution < -0.4 is 26.6 Å². The van der Waals surface area contributed by atoms with Crippen molar-refractivity contribution < 1.29 is 23.7 Å². The van der Waals surface area contributed by atoms with Gasteiger partial charge >= 0.3 is 0 Å². The van der Waals surface area contributed by atoms with Crippen LogP contribution in [-0.2, 0) is 30.2 Å². The zero-order valence-corrected chi connectivity index (χ0v) is 29.4. The van der Waals surface area contributed by atoms with E-state index in [4.69, 9.17) is 51.8 Å². The van der Waals surface area contributed by atoms with Crippen molar-refractivity contribution in [2.75, 3.05) is 120 Å². The quantitative estimate of drug-likeness (QED) is 0.0652. The Bertz CT molecular complexity index is 1370. The second-order valence-corrected chi connectivity index (χ2v) is 12.0. The van der Waals surface area contributed by atoms with E-state index < -0.39 is 6.04 Å². The van der Waals surface area contributed by atoms with Crippen molar-refractivity contribution in [2.45, 2.75) is 39.2 Å². The maximum Gasteiger partial charge on any atom is 0.247 e. The highest BCUT2D eigenvalue weighted by Crippen LogP contribution is 2.25. The molecule has 0 saturated carbocycles. The van der Waals surface area contributed by atoms with Crippen LogP contribution in [0.1, 0.15) is 38.4 Å². The molecule has 2 saturated heterocycles. The molecule has 2 fully saturated rings. The molecule has 2 aromatic heterocycles. The second kappa shape index (κ2) is 21.0. The average molecular weight is 700 g/mol. The Balaban J connectivity index is 1.33. The molecule has 18 heteroatoms. The van der Waals surface area contributed by atoms with Crippen LogP contribution in [0.2, 0.25) is 0 Å². The minimum atomic E-state index is -0.451. The average Bonchev–Trinajstić information content (AvgIpc) is 3.60. The van der Waals surface area contributed by atoms with Crippen LogP contribution in [0, 0.1) is 18.3 Å². The molecular weight excluding hydrogens is 646 g/mol. The summed E-state index contributed by atoms with van der Waals surface area (Å²) in [7, 11) is 0. The molecule has 0 aromatic carbocycles. The summed E-state index contributed by atoms with van der Waals surface area (Å²) in [5, 5.41) is 12.0. The fourth-order valence-corrected chi connectivity index (χ4v) is 5.47. The van der Waals surface area contributed by atoms with E-state index in [0.29, 0.717) is 123 Å². The highest BCUT2D eigenvalue weighted by molar-refractivity contribution is 5.81. The van der Waals surface area contributed by atoms with Crippen LogP contribution in [-0.4, -0.2) is 152 Å². The number of nitrogens with zero attached hydrogens (tertiary/aromatic N) is 10. The lowest BCUT2D eigenvalue weighted by atomic mass is 9.97. The lowest BCUT2D eigenvalue weighted by molar-refractivity contribution is -0.137. The molecule has 18 nitrogen and oxygen atoms in total. The number of morpholine rings is 1. The van der Waals surface area contributed by atoms with Gasteiger partial charge in [0.2, 0.25) is 23.8 Å². The zero-order chi connectivity index (χ0) is 35.6. The van der Waals surface area contributed by atoms with Gasteiger partial charge in [0, 0.05) is 58.6 Å². The van der Waals surface area contributed by atoms with Crippen molar-refractivity contribution in [1.29, 1.82) is 0 Å². The van der Waals surface area contributed by atoms with E-state index in [2.05, 4.69) is 50.2 Å². The molecule has 0 unspecified atom stereocenters. The minimum absolute atomic E-state index is 0.0330. The molecule has 2 atom stereocenters. The first-order chi connectivity index (χ1) is 24.4. The van der Waals surface area contributed by atoms with Crippen LogP contribution in [0.3, 0.4) is 0 Å². The number of terminal acetylenes is 1. The number of carbonyl (C=O) groups is 1. The molecule has 2 aromatic rings. The Morgan fingerprint density at radius 3 is 2.32 bits per heavy atom. The standard InChI is InChI=1S/C32H53N13O5/c1-4-16-47-20-22-50-23-21-48-17-9-36-30-37-31(39-32(38-30)44-14-18-49-19-15-44)43-12-10-42(11-13-43)28(46)27(25(3)5-2)45-24-26(40-41-45)7-6-8-35-29(33)34/h1,24-25,27H,5-23H2,2-3H3,(H4,33,34,35)(H,36,37,38,39)/t25-,27-/m0/s1. The Hall–Kier alpha value is -4.31. The summed E-state index contributed by atoms with van der Waals surface area (Å²) in [6, 6.07) is -0.451. The lowest BCUT2D eigenvalue weighted by Crippen LogP contribution is -2.52. The van der Waals surface area contributed by atoms with Gasteiger partial charge in [-0.3, -0.25) is 9.79 Å². The van der Waals surface area contributed by atoms with Gasteiger partial charge in [0.15, 0.2) is 5.96 Å². The monoisotopic (exact) mass is 699 g/mol.